The molecule has 0 aliphatic carbocycles. The second kappa shape index (κ2) is 13.8. The SMILES string of the molecule is CCOC(=O)CSc1cccc(N(CC(=O)N(CC(=O)N(C)c2ccccc2)c2ccccc2)C(N)=O)c1. The quantitative estimate of drug-likeness (QED) is 0.295. The van der Waals surface area contributed by atoms with Gasteiger partial charge in [0.15, 0.2) is 0 Å². The molecule has 0 saturated heterocycles. The maximum absolute atomic E-state index is 13.5. The fourth-order valence-electron chi connectivity index (χ4n) is 3.57. The van der Waals surface area contributed by atoms with Crippen molar-refractivity contribution in [3.05, 3.63) is 84.9 Å². The molecule has 4 amide bonds. The van der Waals surface area contributed by atoms with Gasteiger partial charge >= 0.3 is 12.0 Å². The number of hydrogen-bond acceptors (Lipinski definition) is 6. The zero-order valence-electron chi connectivity index (χ0n) is 21.3. The summed E-state index contributed by atoms with van der Waals surface area (Å²) in [5.74, 6) is -1.05. The molecule has 0 aliphatic heterocycles. The van der Waals surface area contributed by atoms with Crippen LogP contribution in [0.2, 0.25) is 0 Å². The summed E-state index contributed by atoms with van der Waals surface area (Å²) < 4.78 is 4.95. The zero-order chi connectivity index (χ0) is 27.5. The van der Waals surface area contributed by atoms with Crippen LogP contribution in [0.3, 0.4) is 0 Å². The molecular weight excluding hydrogens is 504 g/mol. The minimum atomic E-state index is -0.827. The highest BCUT2D eigenvalue weighted by molar-refractivity contribution is 8.00. The lowest BCUT2D eigenvalue weighted by Gasteiger charge is -2.28. The lowest BCUT2D eigenvalue weighted by atomic mass is 10.2. The Morgan fingerprint density at radius 2 is 1.34 bits per heavy atom. The number of rotatable bonds is 11. The number of benzene rings is 3. The first kappa shape index (κ1) is 28.3. The largest absolute Gasteiger partial charge is 0.465 e. The van der Waals surface area contributed by atoms with Crippen molar-refractivity contribution in [2.45, 2.75) is 11.8 Å². The molecule has 0 spiro atoms. The number of anilines is 3. The van der Waals surface area contributed by atoms with Gasteiger partial charge in [-0.3, -0.25) is 19.3 Å². The summed E-state index contributed by atoms with van der Waals surface area (Å²) in [6, 6.07) is 23.8. The average molecular weight is 535 g/mol. The first-order valence-corrected chi connectivity index (χ1v) is 12.9. The van der Waals surface area contributed by atoms with Crippen molar-refractivity contribution >= 4 is 52.6 Å². The Morgan fingerprint density at radius 1 is 0.763 bits per heavy atom. The van der Waals surface area contributed by atoms with Crippen molar-refractivity contribution in [3.63, 3.8) is 0 Å². The molecule has 0 bridgehead atoms. The van der Waals surface area contributed by atoms with Crippen molar-refractivity contribution in [2.75, 3.05) is 47.2 Å². The van der Waals surface area contributed by atoms with Crippen LogP contribution in [0.15, 0.2) is 89.8 Å². The van der Waals surface area contributed by atoms with Gasteiger partial charge < -0.3 is 20.3 Å². The van der Waals surface area contributed by atoms with Crippen molar-refractivity contribution < 1.29 is 23.9 Å². The van der Waals surface area contributed by atoms with E-state index >= 15 is 0 Å². The van der Waals surface area contributed by atoms with Crippen molar-refractivity contribution in [1.29, 1.82) is 0 Å². The number of amides is 4. The maximum Gasteiger partial charge on any atom is 0.319 e. The number of likely N-dealkylation sites (N-methyl/N-ethyl adjacent to an activating group) is 1. The average Bonchev–Trinajstić information content (AvgIpc) is 2.94. The molecule has 0 heterocycles. The van der Waals surface area contributed by atoms with Crippen molar-refractivity contribution in [1.82, 2.24) is 0 Å². The zero-order valence-corrected chi connectivity index (χ0v) is 22.1. The molecule has 0 saturated carbocycles. The van der Waals surface area contributed by atoms with Gasteiger partial charge in [-0.25, -0.2) is 4.79 Å². The third kappa shape index (κ3) is 7.84. The molecule has 10 heteroatoms. The van der Waals surface area contributed by atoms with Gasteiger partial charge in [-0.1, -0.05) is 42.5 Å². The molecule has 0 fully saturated rings. The predicted octanol–water partition coefficient (Wildman–Crippen LogP) is 3.92. The molecule has 0 aliphatic rings. The van der Waals surface area contributed by atoms with Crippen molar-refractivity contribution in [3.8, 4) is 0 Å². The number of esters is 1. The van der Waals surface area contributed by atoms with Gasteiger partial charge in [0.05, 0.1) is 12.4 Å². The number of carbonyl (C=O) groups is 4. The number of carbonyl (C=O) groups excluding carboxylic acids is 4. The Kier molecular flexibility index (Phi) is 10.3. The molecular formula is C28H30N4O5S. The van der Waals surface area contributed by atoms with Crippen LogP contribution in [0.1, 0.15) is 6.92 Å². The monoisotopic (exact) mass is 534 g/mol. The molecule has 0 unspecified atom stereocenters. The van der Waals surface area contributed by atoms with Crippen LogP contribution in [0.25, 0.3) is 0 Å². The van der Waals surface area contributed by atoms with E-state index in [2.05, 4.69) is 0 Å². The summed E-state index contributed by atoms with van der Waals surface area (Å²) in [6.45, 7) is 1.39. The third-order valence-electron chi connectivity index (χ3n) is 5.53. The van der Waals surface area contributed by atoms with Gasteiger partial charge in [-0.15, -0.1) is 11.8 Å². The number of urea groups is 1. The highest BCUT2D eigenvalue weighted by Crippen LogP contribution is 2.25. The molecule has 3 rings (SSSR count). The Labute approximate surface area is 226 Å². The summed E-state index contributed by atoms with van der Waals surface area (Å²) in [5, 5.41) is 0. The second-order valence-corrected chi connectivity index (χ2v) is 9.17. The molecule has 198 valence electrons. The van der Waals surface area contributed by atoms with E-state index in [1.165, 1.54) is 21.6 Å². The molecule has 38 heavy (non-hydrogen) atoms. The van der Waals surface area contributed by atoms with E-state index < -0.39 is 18.5 Å². The van der Waals surface area contributed by atoms with E-state index in [4.69, 9.17) is 10.5 Å². The van der Waals surface area contributed by atoms with Crippen molar-refractivity contribution in [2.24, 2.45) is 5.73 Å². The smallest absolute Gasteiger partial charge is 0.319 e. The highest BCUT2D eigenvalue weighted by Gasteiger charge is 2.26. The third-order valence-corrected chi connectivity index (χ3v) is 6.50. The summed E-state index contributed by atoms with van der Waals surface area (Å²) >= 11 is 1.24. The normalized spacial score (nSPS) is 10.4. The van der Waals surface area contributed by atoms with Crippen LogP contribution in [0, 0.1) is 0 Å². The highest BCUT2D eigenvalue weighted by atomic mass is 32.2. The Balaban J connectivity index is 1.81. The molecule has 0 radical (unpaired) electrons. The number of primary amides is 1. The van der Waals surface area contributed by atoms with Crippen LogP contribution in [-0.4, -0.2) is 56.3 Å². The first-order valence-electron chi connectivity index (χ1n) is 11.9. The minimum Gasteiger partial charge on any atom is -0.465 e. The van der Waals surface area contributed by atoms with Gasteiger partial charge in [0.1, 0.15) is 13.1 Å². The topological polar surface area (TPSA) is 113 Å². The van der Waals surface area contributed by atoms with Crippen LogP contribution in [0.4, 0.5) is 21.9 Å². The second-order valence-electron chi connectivity index (χ2n) is 8.12. The van der Waals surface area contributed by atoms with Gasteiger partial charge in [0.2, 0.25) is 11.8 Å². The Morgan fingerprint density at radius 3 is 1.95 bits per heavy atom. The van der Waals surface area contributed by atoms with Crippen LogP contribution >= 0.6 is 11.8 Å². The van der Waals surface area contributed by atoms with Gasteiger partial charge in [0, 0.05) is 29.0 Å². The fourth-order valence-corrected chi connectivity index (χ4v) is 4.32. The molecule has 0 aromatic heterocycles. The lowest BCUT2D eigenvalue weighted by Crippen LogP contribution is -2.48. The number of hydrogen-bond donors (Lipinski definition) is 1. The summed E-state index contributed by atoms with van der Waals surface area (Å²) in [6.07, 6.45) is 0. The summed E-state index contributed by atoms with van der Waals surface area (Å²) in [7, 11) is 1.64. The Bertz CT molecular complexity index is 1260. The number of nitrogens with two attached hydrogens (primary N) is 1. The molecule has 0 atom stereocenters. The van der Waals surface area contributed by atoms with E-state index in [1.54, 1.807) is 80.7 Å². The first-order chi connectivity index (χ1) is 18.3. The van der Waals surface area contributed by atoms with E-state index in [1.807, 2.05) is 18.2 Å². The van der Waals surface area contributed by atoms with Crippen LogP contribution in [-0.2, 0) is 19.1 Å². The Hall–Kier alpha value is -4.31. The van der Waals surface area contributed by atoms with E-state index in [9.17, 15) is 19.2 Å². The number of thioether (sulfide) groups is 1. The standard InChI is InChI=1S/C28H30N4O5S/c1-3-37-27(35)20-38-24-16-10-15-23(17-24)32(28(29)36)19-26(34)31(22-13-8-5-9-14-22)18-25(33)30(2)21-11-6-4-7-12-21/h4-17H,3,18-20H2,1-2H3,(H2,29,36). The maximum atomic E-state index is 13.5. The molecule has 3 aromatic rings. The predicted molar refractivity (Wildman–Crippen MR) is 149 cm³/mol. The minimum absolute atomic E-state index is 0.103. The lowest BCUT2D eigenvalue weighted by molar-refractivity contribution is -0.139. The van der Waals surface area contributed by atoms with Gasteiger partial charge in [-0.2, -0.15) is 0 Å². The number of nitrogens with zero attached hydrogens (tertiary/aromatic N) is 3. The fraction of sp³-hybridized carbons (Fsp3) is 0.214. The number of ether oxygens (including phenoxy) is 1. The van der Waals surface area contributed by atoms with Crippen LogP contribution in [0.5, 0.6) is 0 Å². The summed E-state index contributed by atoms with van der Waals surface area (Å²) in [5.41, 5.74) is 7.24. The molecule has 2 N–H and O–H groups in total. The van der Waals surface area contributed by atoms with Gasteiger partial charge in [-0.05, 0) is 49.4 Å². The molecule has 9 nitrogen and oxygen atoms in total. The van der Waals surface area contributed by atoms with E-state index in [0.717, 1.165) is 4.90 Å². The van der Waals surface area contributed by atoms with E-state index in [0.29, 0.717) is 28.6 Å². The van der Waals surface area contributed by atoms with Crippen LogP contribution < -0.4 is 20.4 Å². The van der Waals surface area contributed by atoms with E-state index in [-0.39, 0.29) is 24.2 Å². The summed E-state index contributed by atoms with van der Waals surface area (Å²) in [4.78, 5) is 55.4. The molecule has 3 aromatic carbocycles. The van der Waals surface area contributed by atoms with Gasteiger partial charge in [0.25, 0.3) is 0 Å². The number of para-hydroxylation sites is 2.